The molecule has 0 amide bonds. The van der Waals surface area contributed by atoms with Gasteiger partial charge in [0.05, 0.1) is 13.2 Å². The molecule has 0 aromatic heterocycles. The van der Waals surface area contributed by atoms with E-state index in [0.29, 0.717) is 13.2 Å². The molecule has 0 spiro atoms. The summed E-state index contributed by atoms with van der Waals surface area (Å²) in [7, 11) is 0. The first-order valence-electron chi connectivity index (χ1n) is 5.22. The lowest BCUT2D eigenvalue weighted by Crippen LogP contribution is -2.22. The molecule has 1 aromatic carbocycles. The molecule has 1 aliphatic heterocycles. The first kappa shape index (κ1) is 11.1. The summed E-state index contributed by atoms with van der Waals surface area (Å²) >= 11 is 3.51. The molecule has 1 aliphatic rings. The fourth-order valence-electron chi connectivity index (χ4n) is 1.80. The van der Waals surface area contributed by atoms with Gasteiger partial charge >= 0.3 is 0 Å². The van der Waals surface area contributed by atoms with Crippen LogP contribution in [0, 0.1) is 0 Å². The third-order valence-electron chi connectivity index (χ3n) is 2.73. The van der Waals surface area contributed by atoms with Crippen LogP contribution in [0.25, 0.3) is 0 Å². The van der Waals surface area contributed by atoms with E-state index in [9.17, 15) is 0 Å². The van der Waals surface area contributed by atoms with E-state index in [4.69, 9.17) is 9.47 Å². The molecule has 0 saturated carbocycles. The van der Waals surface area contributed by atoms with Crippen molar-refractivity contribution in [2.45, 2.75) is 26.1 Å². The van der Waals surface area contributed by atoms with Crippen LogP contribution in [0.5, 0.6) is 0 Å². The predicted octanol–water partition coefficient (Wildman–Crippen LogP) is 3.23. The normalized spacial score (nSPS) is 19.4. The fourth-order valence-corrected chi connectivity index (χ4v) is 2.34. The smallest absolute Gasteiger partial charge is 0.192 e. The molecule has 0 atom stereocenters. The summed E-state index contributed by atoms with van der Waals surface area (Å²) in [4.78, 5) is 0. The molecule has 0 N–H and O–H groups in total. The van der Waals surface area contributed by atoms with Gasteiger partial charge in [-0.2, -0.15) is 0 Å². The van der Waals surface area contributed by atoms with Gasteiger partial charge in [-0.05, 0) is 31.0 Å². The number of hydrogen-bond donors (Lipinski definition) is 0. The number of aryl methyl sites for hydroxylation is 1. The molecule has 0 radical (unpaired) electrons. The molecule has 1 heterocycles. The van der Waals surface area contributed by atoms with Crippen LogP contribution in [0.3, 0.4) is 0 Å². The Morgan fingerprint density at radius 1 is 1.27 bits per heavy atom. The number of hydrogen-bond acceptors (Lipinski definition) is 2. The molecular formula is C12H15BrO2. The number of halogens is 1. The van der Waals surface area contributed by atoms with Gasteiger partial charge in [0.2, 0.25) is 0 Å². The minimum Gasteiger partial charge on any atom is -0.344 e. The van der Waals surface area contributed by atoms with E-state index >= 15 is 0 Å². The summed E-state index contributed by atoms with van der Waals surface area (Å²) in [6.07, 6.45) is 1.02. The van der Waals surface area contributed by atoms with Crippen molar-refractivity contribution in [3.05, 3.63) is 33.8 Å². The Labute approximate surface area is 98.7 Å². The fraction of sp³-hybridized carbons (Fsp3) is 0.500. The number of benzene rings is 1. The van der Waals surface area contributed by atoms with Gasteiger partial charge in [0.15, 0.2) is 5.79 Å². The zero-order valence-electron chi connectivity index (χ0n) is 9.05. The van der Waals surface area contributed by atoms with Crippen LogP contribution in [-0.4, -0.2) is 13.2 Å². The quantitative estimate of drug-likeness (QED) is 0.822. The SMILES string of the molecule is CCc1cc(Br)cc(C2(C)OCCO2)c1. The largest absolute Gasteiger partial charge is 0.344 e. The summed E-state index contributed by atoms with van der Waals surface area (Å²) in [5, 5.41) is 0. The van der Waals surface area contributed by atoms with E-state index < -0.39 is 5.79 Å². The molecule has 0 unspecified atom stereocenters. The highest BCUT2D eigenvalue weighted by atomic mass is 79.9. The Hall–Kier alpha value is -0.380. The minimum absolute atomic E-state index is 0.562. The molecule has 15 heavy (non-hydrogen) atoms. The Bertz CT molecular complexity index is 357. The van der Waals surface area contributed by atoms with Crippen LogP contribution in [0.15, 0.2) is 22.7 Å². The third kappa shape index (κ3) is 2.25. The third-order valence-corrected chi connectivity index (χ3v) is 3.19. The second kappa shape index (κ2) is 4.24. The van der Waals surface area contributed by atoms with Crippen molar-refractivity contribution < 1.29 is 9.47 Å². The molecule has 1 fully saturated rings. The predicted molar refractivity (Wildman–Crippen MR) is 62.8 cm³/mol. The van der Waals surface area contributed by atoms with Crippen LogP contribution < -0.4 is 0 Å². The molecule has 3 heteroatoms. The van der Waals surface area contributed by atoms with Crippen LogP contribution in [0.1, 0.15) is 25.0 Å². The highest BCUT2D eigenvalue weighted by Gasteiger charge is 2.33. The zero-order chi connectivity index (χ0) is 10.9. The second-order valence-electron chi connectivity index (χ2n) is 3.84. The Morgan fingerprint density at radius 3 is 2.53 bits per heavy atom. The van der Waals surface area contributed by atoms with E-state index in [1.165, 1.54) is 5.56 Å². The molecule has 82 valence electrons. The van der Waals surface area contributed by atoms with Gasteiger partial charge in [-0.25, -0.2) is 0 Å². The van der Waals surface area contributed by atoms with Crippen molar-refractivity contribution in [2.75, 3.05) is 13.2 Å². The van der Waals surface area contributed by atoms with E-state index in [-0.39, 0.29) is 0 Å². The van der Waals surface area contributed by atoms with Crippen LogP contribution in [0.4, 0.5) is 0 Å². The summed E-state index contributed by atoms with van der Waals surface area (Å²) in [5.74, 6) is -0.562. The van der Waals surface area contributed by atoms with Crippen molar-refractivity contribution >= 4 is 15.9 Å². The summed E-state index contributed by atoms with van der Waals surface area (Å²) in [6.45, 7) is 5.46. The molecular weight excluding hydrogens is 256 g/mol. The molecule has 0 aliphatic carbocycles. The van der Waals surface area contributed by atoms with Crippen molar-refractivity contribution in [1.29, 1.82) is 0 Å². The van der Waals surface area contributed by atoms with E-state index in [1.807, 2.05) is 6.92 Å². The Balaban J connectivity index is 2.38. The second-order valence-corrected chi connectivity index (χ2v) is 4.76. The number of ether oxygens (including phenoxy) is 2. The molecule has 1 saturated heterocycles. The van der Waals surface area contributed by atoms with Gasteiger partial charge in [0, 0.05) is 10.0 Å². The van der Waals surface area contributed by atoms with Gasteiger partial charge in [-0.1, -0.05) is 28.9 Å². The highest BCUT2D eigenvalue weighted by molar-refractivity contribution is 9.10. The lowest BCUT2D eigenvalue weighted by Gasteiger charge is -2.23. The molecule has 0 bridgehead atoms. The maximum Gasteiger partial charge on any atom is 0.192 e. The zero-order valence-corrected chi connectivity index (χ0v) is 10.6. The highest BCUT2D eigenvalue weighted by Crippen LogP contribution is 2.33. The van der Waals surface area contributed by atoms with Gasteiger partial charge in [0.1, 0.15) is 0 Å². The molecule has 2 nitrogen and oxygen atoms in total. The minimum atomic E-state index is -0.562. The summed E-state index contributed by atoms with van der Waals surface area (Å²) in [6, 6.07) is 6.34. The maximum absolute atomic E-state index is 5.64. The van der Waals surface area contributed by atoms with Crippen molar-refractivity contribution in [1.82, 2.24) is 0 Å². The Morgan fingerprint density at radius 2 is 1.93 bits per heavy atom. The summed E-state index contributed by atoms with van der Waals surface area (Å²) in [5.41, 5.74) is 2.38. The van der Waals surface area contributed by atoms with Gasteiger partial charge in [-0.15, -0.1) is 0 Å². The average molecular weight is 271 g/mol. The van der Waals surface area contributed by atoms with Crippen LogP contribution >= 0.6 is 15.9 Å². The van der Waals surface area contributed by atoms with Crippen LogP contribution in [0.2, 0.25) is 0 Å². The van der Waals surface area contributed by atoms with Gasteiger partial charge in [0.25, 0.3) is 0 Å². The lowest BCUT2D eigenvalue weighted by atomic mass is 10.0. The monoisotopic (exact) mass is 270 g/mol. The maximum atomic E-state index is 5.64. The lowest BCUT2D eigenvalue weighted by molar-refractivity contribution is -0.149. The molecule has 1 aromatic rings. The van der Waals surface area contributed by atoms with E-state index in [1.54, 1.807) is 0 Å². The van der Waals surface area contributed by atoms with E-state index in [2.05, 4.69) is 41.1 Å². The number of rotatable bonds is 2. The topological polar surface area (TPSA) is 18.5 Å². The van der Waals surface area contributed by atoms with Crippen molar-refractivity contribution in [3.63, 3.8) is 0 Å². The van der Waals surface area contributed by atoms with Gasteiger partial charge in [-0.3, -0.25) is 0 Å². The Kier molecular flexibility index (Phi) is 3.14. The standard InChI is InChI=1S/C12H15BrO2/c1-3-9-6-10(8-11(13)7-9)12(2)14-4-5-15-12/h6-8H,3-5H2,1-2H3. The first-order valence-corrected chi connectivity index (χ1v) is 6.01. The van der Waals surface area contributed by atoms with Crippen molar-refractivity contribution in [2.24, 2.45) is 0 Å². The van der Waals surface area contributed by atoms with E-state index in [0.717, 1.165) is 16.5 Å². The van der Waals surface area contributed by atoms with Crippen molar-refractivity contribution in [3.8, 4) is 0 Å². The summed E-state index contributed by atoms with van der Waals surface area (Å²) < 4.78 is 12.4. The van der Waals surface area contributed by atoms with Crippen LogP contribution in [-0.2, 0) is 21.7 Å². The first-order chi connectivity index (χ1) is 7.14. The van der Waals surface area contributed by atoms with Gasteiger partial charge < -0.3 is 9.47 Å². The molecule has 2 rings (SSSR count). The average Bonchev–Trinajstić information content (AvgIpc) is 2.65.